The average molecular weight is 256 g/mol. The highest BCUT2D eigenvalue weighted by atomic mass is 16.5. The Hall–Kier alpha value is -1.10. The summed E-state index contributed by atoms with van der Waals surface area (Å²) >= 11 is 0. The lowest BCUT2D eigenvalue weighted by Crippen LogP contribution is -2.40. The molecule has 0 aromatic heterocycles. The van der Waals surface area contributed by atoms with E-state index in [4.69, 9.17) is 10.5 Å². The topological polar surface area (TPSA) is 81.4 Å². The van der Waals surface area contributed by atoms with Gasteiger partial charge in [-0.25, -0.2) is 0 Å². The molecule has 1 unspecified atom stereocenters. The molecule has 1 fully saturated rings. The SMILES string of the molecule is CCOC(=O)C1CCC(NC(=O)CC(C)N)CC1. The molecular formula is C13H24N2O3. The number of esters is 1. The number of carbonyl (C=O) groups excluding carboxylic acids is 2. The predicted octanol–water partition coefficient (Wildman–Crippen LogP) is 0.962. The summed E-state index contributed by atoms with van der Waals surface area (Å²) < 4.78 is 5.01. The zero-order valence-corrected chi connectivity index (χ0v) is 11.3. The van der Waals surface area contributed by atoms with Gasteiger partial charge in [0.05, 0.1) is 12.5 Å². The van der Waals surface area contributed by atoms with Crippen LogP contribution in [0.1, 0.15) is 46.0 Å². The summed E-state index contributed by atoms with van der Waals surface area (Å²) in [5.74, 6) is -0.0889. The maximum absolute atomic E-state index is 11.6. The Balaban J connectivity index is 2.27. The van der Waals surface area contributed by atoms with Crippen LogP contribution in [-0.4, -0.2) is 30.6 Å². The maximum atomic E-state index is 11.6. The molecule has 0 radical (unpaired) electrons. The molecule has 0 aromatic carbocycles. The number of carbonyl (C=O) groups is 2. The van der Waals surface area contributed by atoms with Gasteiger partial charge in [-0.3, -0.25) is 9.59 Å². The number of hydrogen-bond acceptors (Lipinski definition) is 4. The van der Waals surface area contributed by atoms with Gasteiger partial charge in [-0.05, 0) is 39.5 Å². The Bertz CT molecular complexity index is 284. The molecule has 18 heavy (non-hydrogen) atoms. The molecule has 0 saturated heterocycles. The first-order valence-corrected chi connectivity index (χ1v) is 6.74. The summed E-state index contributed by atoms with van der Waals surface area (Å²) in [5.41, 5.74) is 5.57. The molecule has 1 aliphatic rings. The second kappa shape index (κ2) is 7.36. The van der Waals surface area contributed by atoms with E-state index in [0.717, 1.165) is 25.7 Å². The number of nitrogens with one attached hydrogen (secondary N) is 1. The van der Waals surface area contributed by atoms with E-state index in [0.29, 0.717) is 13.0 Å². The van der Waals surface area contributed by atoms with Gasteiger partial charge >= 0.3 is 5.97 Å². The van der Waals surface area contributed by atoms with Crippen LogP contribution in [0.4, 0.5) is 0 Å². The average Bonchev–Trinajstić information content (AvgIpc) is 2.29. The summed E-state index contributed by atoms with van der Waals surface area (Å²) in [6.07, 6.45) is 3.63. The minimum atomic E-state index is -0.110. The van der Waals surface area contributed by atoms with E-state index in [1.165, 1.54) is 0 Å². The van der Waals surface area contributed by atoms with Crippen LogP contribution in [0.2, 0.25) is 0 Å². The second-order valence-electron chi connectivity index (χ2n) is 5.05. The molecule has 0 spiro atoms. The van der Waals surface area contributed by atoms with Gasteiger partial charge in [-0.15, -0.1) is 0 Å². The standard InChI is InChI=1S/C13H24N2O3/c1-3-18-13(17)10-4-6-11(7-5-10)15-12(16)8-9(2)14/h9-11H,3-8,14H2,1-2H3,(H,15,16). The monoisotopic (exact) mass is 256 g/mol. The van der Waals surface area contributed by atoms with Gasteiger partial charge in [-0.1, -0.05) is 0 Å². The summed E-state index contributed by atoms with van der Waals surface area (Å²) in [5, 5.41) is 2.97. The molecule has 0 aromatic rings. The van der Waals surface area contributed by atoms with Gasteiger partial charge in [0.25, 0.3) is 0 Å². The Morgan fingerprint density at radius 3 is 2.44 bits per heavy atom. The summed E-state index contributed by atoms with van der Waals surface area (Å²) in [7, 11) is 0. The third-order valence-electron chi connectivity index (χ3n) is 3.22. The van der Waals surface area contributed by atoms with Crippen LogP contribution >= 0.6 is 0 Å². The molecule has 1 amide bonds. The first-order chi connectivity index (χ1) is 8.52. The van der Waals surface area contributed by atoms with Crippen molar-refractivity contribution >= 4 is 11.9 Å². The molecule has 1 rings (SSSR count). The van der Waals surface area contributed by atoms with Crippen molar-refractivity contribution in [3.05, 3.63) is 0 Å². The largest absolute Gasteiger partial charge is 0.466 e. The first-order valence-electron chi connectivity index (χ1n) is 6.74. The lowest BCUT2D eigenvalue weighted by molar-refractivity contribution is -0.149. The van der Waals surface area contributed by atoms with Gasteiger partial charge in [0, 0.05) is 18.5 Å². The quantitative estimate of drug-likeness (QED) is 0.718. The lowest BCUT2D eigenvalue weighted by atomic mass is 9.86. The van der Waals surface area contributed by atoms with Crippen molar-refractivity contribution in [2.75, 3.05) is 6.61 Å². The van der Waals surface area contributed by atoms with Crippen LogP contribution < -0.4 is 11.1 Å². The molecule has 1 aliphatic carbocycles. The number of nitrogens with two attached hydrogens (primary N) is 1. The molecule has 0 aliphatic heterocycles. The van der Waals surface area contributed by atoms with E-state index < -0.39 is 0 Å². The molecule has 104 valence electrons. The number of rotatable bonds is 5. The summed E-state index contributed by atoms with van der Waals surface area (Å²) in [6.45, 7) is 4.07. The predicted molar refractivity (Wildman–Crippen MR) is 68.8 cm³/mol. The molecule has 0 bridgehead atoms. The zero-order valence-electron chi connectivity index (χ0n) is 11.3. The van der Waals surface area contributed by atoms with E-state index in [1.807, 2.05) is 13.8 Å². The highest BCUT2D eigenvalue weighted by Gasteiger charge is 2.27. The Labute approximate surface area is 108 Å². The highest BCUT2D eigenvalue weighted by molar-refractivity contribution is 5.77. The van der Waals surface area contributed by atoms with E-state index in [2.05, 4.69) is 5.32 Å². The van der Waals surface area contributed by atoms with Gasteiger partial charge in [0.2, 0.25) is 5.91 Å². The Morgan fingerprint density at radius 2 is 1.94 bits per heavy atom. The van der Waals surface area contributed by atoms with Crippen molar-refractivity contribution in [3.8, 4) is 0 Å². The minimum Gasteiger partial charge on any atom is -0.466 e. The van der Waals surface area contributed by atoms with Crippen molar-refractivity contribution in [1.82, 2.24) is 5.32 Å². The molecule has 0 heterocycles. The zero-order chi connectivity index (χ0) is 13.5. The maximum Gasteiger partial charge on any atom is 0.308 e. The number of amides is 1. The highest BCUT2D eigenvalue weighted by Crippen LogP contribution is 2.25. The van der Waals surface area contributed by atoms with Gasteiger partial charge in [0.15, 0.2) is 0 Å². The Kier molecular flexibility index (Phi) is 6.12. The number of ether oxygens (including phenoxy) is 1. The fourth-order valence-corrected chi connectivity index (χ4v) is 2.31. The van der Waals surface area contributed by atoms with Crippen LogP contribution in [0, 0.1) is 5.92 Å². The smallest absolute Gasteiger partial charge is 0.308 e. The normalized spacial score (nSPS) is 25.3. The summed E-state index contributed by atoms with van der Waals surface area (Å²) in [4.78, 5) is 23.1. The molecule has 5 nitrogen and oxygen atoms in total. The minimum absolute atomic E-state index is 0.00425. The van der Waals surface area contributed by atoms with Gasteiger partial charge in [-0.2, -0.15) is 0 Å². The van der Waals surface area contributed by atoms with Crippen LogP contribution in [-0.2, 0) is 14.3 Å². The van der Waals surface area contributed by atoms with Crippen LogP contribution in [0.5, 0.6) is 0 Å². The fraction of sp³-hybridized carbons (Fsp3) is 0.846. The molecule has 1 atom stereocenters. The van der Waals surface area contributed by atoms with Crippen molar-refractivity contribution in [2.45, 2.75) is 58.0 Å². The summed E-state index contributed by atoms with van der Waals surface area (Å²) in [6, 6.07) is 0.0720. The van der Waals surface area contributed by atoms with Gasteiger partial charge in [0.1, 0.15) is 0 Å². The van der Waals surface area contributed by atoms with E-state index >= 15 is 0 Å². The van der Waals surface area contributed by atoms with Crippen molar-refractivity contribution < 1.29 is 14.3 Å². The third-order valence-corrected chi connectivity index (χ3v) is 3.22. The van der Waals surface area contributed by atoms with Crippen molar-refractivity contribution in [3.63, 3.8) is 0 Å². The van der Waals surface area contributed by atoms with E-state index in [9.17, 15) is 9.59 Å². The van der Waals surface area contributed by atoms with Crippen LogP contribution in [0.15, 0.2) is 0 Å². The number of hydrogen-bond donors (Lipinski definition) is 2. The molecule has 5 heteroatoms. The Morgan fingerprint density at radius 1 is 1.33 bits per heavy atom. The molecule has 3 N–H and O–H groups in total. The van der Waals surface area contributed by atoms with Crippen molar-refractivity contribution in [1.29, 1.82) is 0 Å². The second-order valence-corrected chi connectivity index (χ2v) is 5.05. The lowest BCUT2D eigenvalue weighted by Gasteiger charge is -2.28. The van der Waals surface area contributed by atoms with E-state index in [-0.39, 0.29) is 29.9 Å². The third kappa shape index (κ3) is 5.04. The van der Waals surface area contributed by atoms with Crippen LogP contribution in [0.3, 0.4) is 0 Å². The molecule has 1 saturated carbocycles. The van der Waals surface area contributed by atoms with Gasteiger partial charge < -0.3 is 15.8 Å². The fourth-order valence-electron chi connectivity index (χ4n) is 2.31. The van der Waals surface area contributed by atoms with Crippen LogP contribution in [0.25, 0.3) is 0 Å². The van der Waals surface area contributed by atoms with E-state index in [1.54, 1.807) is 0 Å². The van der Waals surface area contributed by atoms with Crippen molar-refractivity contribution in [2.24, 2.45) is 11.7 Å². The molecular weight excluding hydrogens is 232 g/mol. The first kappa shape index (κ1) is 15.0.